The van der Waals surface area contributed by atoms with Crippen molar-refractivity contribution in [2.75, 3.05) is 13.6 Å². The number of nitrogens with one attached hydrogen (secondary N) is 1. The minimum Gasteiger partial charge on any atom is -0.445 e. The largest absolute Gasteiger partial charge is 0.573 e. The zero-order valence-electron chi connectivity index (χ0n) is 15.7. The standard InChI is InChI=1S/C18H22F3N3O4/c1-12(2)9-15(16(25)23-8-7-22)24(3)17(26)27-11-13-5-4-6-14(10-13)28-18(19,20)21/h4-6,10,12,15H,8-9,11H2,1-3H3,(H,23,25)/t15-/m0/s1. The molecule has 0 saturated heterocycles. The first-order chi connectivity index (χ1) is 13.0. The number of hydrogen-bond donors (Lipinski definition) is 1. The molecule has 1 aromatic carbocycles. The average molecular weight is 401 g/mol. The van der Waals surface area contributed by atoms with Crippen LogP contribution in [0.4, 0.5) is 18.0 Å². The number of halogens is 3. The number of carbonyl (C=O) groups is 2. The number of ether oxygens (including phenoxy) is 2. The molecule has 0 fully saturated rings. The number of likely N-dealkylation sites (N-methyl/N-ethyl adjacent to an activating group) is 1. The lowest BCUT2D eigenvalue weighted by Crippen LogP contribution is -2.48. The van der Waals surface area contributed by atoms with E-state index >= 15 is 0 Å². The molecular weight excluding hydrogens is 379 g/mol. The Morgan fingerprint density at radius 1 is 1.32 bits per heavy atom. The first kappa shape index (κ1) is 23.1. The quantitative estimate of drug-likeness (QED) is 0.676. The highest BCUT2D eigenvalue weighted by atomic mass is 19.4. The van der Waals surface area contributed by atoms with Gasteiger partial charge in [0.25, 0.3) is 0 Å². The summed E-state index contributed by atoms with van der Waals surface area (Å²) in [5.41, 5.74) is 0.290. The fraction of sp³-hybridized carbons (Fsp3) is 0.500. The molecule has 0 unspecified atom stereocenters. The van der Waals surface area contributed by atoms with E-state index in [1.54, 1.807) is 6.07 Å². The first-order valence-electron chi connectivity index (χ1n) is 8.42. The van der Waals surface area contributed by atoms with Crippen LogP contribution < -0.4 is 10.1 Å². The topological polar surface area (TPSA) is 91.7 Å². The second-order valence-corrected chi connectivity index (χ2v) is 6.38. The van der Waals surface area contributed by atoms with Gasteiger partial charge in [-0.05, 0) is 30.0 Å². The summed E-state index contributed by atoms with van der Waals surface area (Å²) in [6.07, 6.45) is -5.30. The predicted molar refractivity (Wildman–Crippen MR) is 92.9 cm³/mol. The van der Waals surface area contributed by atoms with Crippen LogP contribution in [0.1, 0.15) is 25.8 Å². The van der Waals surface area contributed by atoms with Gasteiger partial charge in [-0.25, -0.2) is 4.79 Å². The van der Waals surface area contributed by atoms with Crippen LogP contribution in [0, 0.1) is 17.2 Å². The highest BCUT2D eigenvalue weighted by Gasteiger charge is 2.31. The second-order valence-electron chi connectivity index (χ2n) is 6.38. The molecule has 2 amide bonds. The predicted octanol–water partition coefficient (Wildman–Crippen LogP) is 3.21. The van der Waals surface area contributed by atoms with E-state index < -0.39 is 30.2 Å². The van der Waals surface area contributed by atoms with Crippen LogP contribution in [0.3, 0.4) is 0 Å². The molecule has 1 rings (SSSR count). The van der Waals surface area contributed by atoms with Crippen LogP contribution in [-0.4, -0.2) is 42.9 Å². The van der Waals surface area contributed by atoms with Gasteiger partial charge in [-0.15, -0.1) is 13.2 Å². The maximum absolute atomic E-state index is 12.3. The lowest BCUT2D eigenvalue weighted by molar-refractivity contribution is -0.274. The average Bonchev–Trinajstić information content (AvgIpc) is 2.60. The fourth-order valence-corrected chi connectivity index (χ4v) is 2.34. The maximum Gasteiger partial charge on any atom is 0.573 e. The molecule has 0 spiro atoms. The molecule has 154 valence electrons. The Bertz CT molecular complexity index is 717. The normalized spacial score (nSPS) is 12.1. The van der Waals surface area contributed by atoms with Gasteiger partial charge in [-0.3, -0.25) is 9.69 Å². The Kier molecular flexibility index (Phi) is 8.57. The minimum absolute atomic E-state index is 0.0873. The summed E-state index contributed by atoms with van der Waals surface area (Å²) in [4.78, 5) is 25.6. The fourth-order valence-electron chi connectivity index (χ4n) is 2.34. The smallest absolute Gasteiger partial charge is 0.445 e. The SMILES string of the molecule is CC(C)C[C@@H](C(=O)NCC#N)N(C)C(=O)OCc1cccc(OC(F)(F)F)c1. The number of carbonyl (C=O) groups excluding carboxylic acids is 2. The minimum atomic E-state index is -4.82. The highest BCUT2D eigenvalue weighted by molar-refractivity contribution is 5.85. The first-order valence-corrected chi connectivity index (χ1v) is 8.42. The number of nitriles is 1. The lowest BCUT2D eigenvalue weighted by atomic mass is 10.0. The van der Waals surface area contributed by atoms with Gasteiger partial charge in [0.1, 0.15) is 24.9 Å². The number of alkyl halides is 3. The van der Waals surface area contributed by atoms with Crippen molar-refractivity contribution in [2.45, 2.75) is 39.3 Å². The van der Waals surface area contributed by atoms with Crippen molar-refractivity contribution in [1.29, 1.82) is 5.26 Å². The Labute approximate surface area is 161 Å². The molecule has 7 nitrogen and oxygen atoms in total. The zero-order chi connectivity index (χ0) is 21.3. The molecule has 1 atom stereocenters. The van der Waals surface area contributed by atoms with Gasteiger partial charge in [0.05, 0.1) is 6.07 Å². The zero-order valence-corrected chi connectivity index (χ0v) is 15.7. The second kappa shape index (κ2) is 10.4. The summed E-state index contributed by atoms with van der Waals surface area (Å²) in [6.45, 7) is 3.25. The van der Waals surface area contributed by atoms with Crippen molar-refractivity contribution >= 4 is 12.0 Å². The molecule has 0 aromatic heterocycles. The van der Waals surface area contributed by atoms with Gasteiger partial charge in [-0.2, -0.15) is 5.26 Å². The van der Waals surface area contributed by atoms with E-state index in [0.717, 1.165) is 17.0 Å². The van der Waals surface area contributed by atoms with Gasteiger partial charge < -0.3 is 14.8 Å². The van der Waals surface area contributed by atoms with E-state index in [0.29, 0.717) is 6.42 Å². The van der Waals surface area contributed by atoms with E-state index in [1.807, 2.05) is 13.8 Å². The van der Waals surface area contributed by atoms with Gasteiger partial charge >= 0.3 is 12.5 Å². The Morgan fingerprint density at radius 2 is 2.00 bits per heavy atom. The third-order valence-corrected chi connectivity index (χ3v) is 3.59. The lowest BCUT2D eigenvalue weighted by Gasteiger charge is -2.27. The molecular formula is C18H22F3N3O4. The van der Waals surface area contributed by atoms with Crippen LogP contribution in [0.25, 0.3) is 0 Å². The molecule has 0 radical (unpaired) electrons. The molecule has 0 aliphatic heterocycles. The van der Waals surface area contributed by atoms with Crippen molar-refractivity contribution in [3.63, 3.8) is 0 Å². The summed E-state index contributed by atoms with van der Waals surface area (Å²) in [6, 6.07) is 5.98. The van der Waals surface area contributed by atoms with Crippen molar-refractivity contribution in [1.82, 2.24) is 10.2 Å². The van der Waals surface area contributed by atoms with E-state index in [1.165, 1.54) is 19.2 Å². The molecule has 10 heteroatoms. The number of hydrogen-bond acceptors (Lipinski definition) is 5. The third-order valence-electron chi connectivity index (χ3n) is 3.59. The number of nitrogens with zero attached hydrogens (tertiary/aromatic N) is 2. The molecule has 28 heavy (non-hydrogen) atoms. The Hall–Kier alpha value is -2.96. The van der Waals surface area contributed by atoms with E-state index in [4.69, 9.17) is 10.00 Å². The van der Waals surface area contributed by atoms with Gasteiger partial charge in [0.2, 0.25) is 5.91 Å². The van der Waals surface area contributed by atoms with Crippen LogP contribution in [0.15, 0.2) is 24.3 Å². The van der Waals surface area contributed by atoms with E-state index in [9.17, 15) is 22.8 Å². The van der Waals surface area contributed by atoms with Crippen molar-refractivity contribution < 1.29 is 32.2 Å². The summed E-state index contributed by atoms with van der Waals surface area (Å²) in [5.74, 6) is -0.831. The van der Waals surface area contributed by atoms with Crippen LogP contribution in [0.5, 0.6) is 5.75 Å². The summed E-state index contributed by atoms with van der Waals surface area (Å²) in [5, 5.41) is 11.0. The monoisotopic (exact) mass is 401 g/mol. The van der Waals surface area contributed by atoms with Crippen LogP contribution >= 0.6 is 0 Å². The summed E-state index contributed by atoms with van der Waals surface area (Å²) >= 11 is 0. The molecule has 0 heterocycles. The van der Waals surface area contributed by atoms with E-state index in [2.05, 4.69) is 10.1 Å². The van der Waals surface area contributed by atoms with E-state index in [-0.39, 0.29) is 24.6 Å². The Balaban J connectivity index is 2.75. The number of rotatable bonds is 8. The molecule has 1 N–H and O–H groups in total. The summed E-state index contributed by atoms with van der Waals surface area (Å²) in [7, 11) is 1.38. The van der Waals surface area contributed by atoms with Crippen molar-refractivity contribution in [3.8, 4) is 11.8 Å². The molecule has 0 aliphatic carbocycles. The van der Waals surface area contributed by atoms with Crippen molar-refractivity contribution in [3.05, 3.63) is 29.8 Å². The summed E-state index contributed by atoms with van der Waals surface area (Å²) < 4.78 is 45.7. The number of amides is 2. The van der Waals surface area contributed by atoms with Gasteiger partial charge in [-0.1, -0.05) is 26.0 Å². The maximum atomic E-state index is 12.3. The highest BCUT2D eigenvalue weighted by Crippen LogP contribution is 2.23. The van der Waals surface area contributed by atoms with Crippen molar-refractivity contribution in [2.24, 2.45) is 5.92 Å². The Morgan fingerprint density at radius 3 is 2.57 bits per heavy atom. The number of benzene rings is 1. The molecule has 0 bridgehead atoms. The third kappa shape index (κ3) is 8.16. The van der Waals surface area contributed by atoms with Crippen LogP contribution in [0.2, 0.25) is 0 Å². The molecule has 0 saturated carbocycles. The van der Waals surface area contributed by atoms with Gasteiger partial charge in [0, 0.05) is 7.05 Å². The van der Waals surface area contributed by atoms with Gasteiger partial charge in [0.15, 0.2) is 0 Å². The molecule has 1 aromatic rings. The molecule has 0 aliphatic rings. The van der Waals surface area contributed by atoms with Crippen LogP contribution in [-0.2, 0) is 16.1 Å².